The van der Waals surface area contributed by atoms with Crippen LogP contribution >= 0.6 is 0 Å². The fourth-order valence-electron chi connectivity index (χ4n) is 2.31. The second-order valence-corrected chi connectivity index (χ2v) is 5.17. The van der Waals surface area contributed by atoms with E-state index in [0.717, 1.165) is 0 Å². The van der Waals surface area contributed by atoms with Crippen LogP contribution in [0.25, 0.3) is 0 Å². The molecule has 0 heterocycles. The number of aliphatic hydroxyl groups excluding tert-OH is 1. The van der Waals surface area contributed by atoms with Gasteiger partial charge in [0.05, 0.1) is 40.4 Å². The summed E-state index contributed by atoms with van der Waals surface area (Å²) in [4.78, 5) is 25.8. The molecule has 0 saturated heterocycles. The third-order valence-corrected chi connectivity index (χ3v) is 3.77. The minimum absolute atomic E-state index is 0.0554. The Kier molecular flexibility index (Phi) is 8.05. The van der Waals surface area contributed by atoms with Crippen LogP contribution in [0.15, 0.2) is 18.2 Å². The zero-order valence-corrected chi connectivity index (χ0v) is 14.6. The summed E-state index contributed by atoms with van der Waals surface area (Å²) < 4.78 is 15.0. The van der Waals surface area contributed by atoms with Crippen molar-refractivity contribution in [2.24, 2.45) is 0 Å². The molecule has 24 heavy (non-hydrogen) atoms. The average Bonchev–Trinajstić information content (AvgIpc) is 2.63. The monoisotopic (exact) mass is 339 g/mol. The lowest BCUT2D eigenvalue weighted by atomic mass is 10.1. The number of rotatable bonds is 9. The third kappa shape index (κ3) is 5.13. The number of benzene rings is 1. The Morgan fingerprint density at radius 2 is 1.71 bits per heavy atom. The van der Waals surface area contributed by atoms with E-state index in [0.29, 0.717) is 23.5 Å². The summed E-state index contributed by atoms with van der Waals surface area (Å²) in [5, 5.41) is 9.56. The molecule has 134 valence electrons. The van der Waals surface area contributed by atoms with Gasteiger partial charge in [0.15, 0.2) is 0 Å². The summed E-state index contributed by atoms with van der Waals surface area (Å²) >= 11 is 0. The number of aliphatic hydroxyl groups is 1. The molecule has 0 aromatic heterocycles. The highest BCUT2D eigenvalue weighted by Crippen LogP contribution is 2.24. The van der Waals surface area contributed by atoms with E-state index in [1.165, 1.54) is 26.2 Å². The van der Waals surface area contributed by atoms with Crippen molar-refractivity contribution in [1.82, 2.24) is 4.90 Å². The molecule has 1 rings (SSSR count). The molecule has 1 N–H and O–H groups in total. The predicted molar refractivity (Wildman–Crippen MR) is 88.4 cm³/mol. The molecule has 1 amide bonds. The van der Waals surface area contributed by atoms with E-state index < -0.39 is 5.97 Å². The molecule has 7 nitrogen and oxygen atoms in total. The maximum atomic E-state index is 12.9. The van der Waals surface area contributed by atoms with Gasteiger partial charge in [0, 0.05) is 18.2 Å². The van der Waals surface area contributed by atoms with Crippen LogP contribution in [0.3, 0.4) is 0 Å². The lowest BCUT2D eigenvalue weighted by Gasteiger charge is -2.30. The van der Waals surface area contributed by atoms with Crippen LogP contribution in [0.2, 0.25) is 0 Å². The van der Waals surface area contributed by atoms with Gasteiger partial charge in [-0.1, -0.05) is 6.92 Å². The molecule has 1 unspecified atom stereocenters. The zero-order chi connectivity index (χ0) is 18.1. The molecular weight excluding hydrogens is 314 g/mol. The van der Waals surface area contributed by atoms with Crippen LogP contribution in [0.5, 0.6) is 11.5 Å². The molecule has 0 aliphatic rings. The minimum Gasteiger partial charge on any atom is -0.497 e. The normalized spacial score (nSPS) is 11.5. The van der Waals surface area contributed by atoms with E-state index in [4.69, 9.17) is 9.47 Å². The SMILES string of the molecule is CCC(CO)N(CCC(=O)OC)C(=O)c1cc(OC)cc(OC)c1. The molecule has 7 heteroatoms. The fourth-order valence-corrected chi connectivity index (χ4v) is 2.31. The average molecular weight is 339 g/mol. The number of hydrogen-bond donors (Lipinski definition) is 1. The van der Waals surface area contributed by atoms with Gasteiger partial charge < -0.3 is 24.2 Å². The van der Waals surface area contributed by atoms with Gasteiger partial charge in [-0.3, -0.25) is 9.59 Å². The standard InChI is InChI=1S/C17H25NO6/c1-5-13(11-19)18(7-6-16(20)24-4)17(21)12-8-14(22-2)10-15(9-12)23-3/h8-10,13,19H,5-7,11H2,1-4H3. The fraction of sp³-hybridized carbons (Fsp3) is 0.529. The second-order valence-electron chi connectivity index (χ2n) is 5.17. The maximum Gasteiger partial charge on any atom is 0.307 e. The predicted octanol–water partition coefficient (Wildman–Crippen LogP) is 1.48. The molecule has 0 radical (unpaired) electrons. The van der Waals surface area contributed by atoms with Crippen LogP contribution in [-0.4, -0.2) is 62.4 Å². The van der Waals surface area contributed by atoms with Gasteiger partial charge in [0.25, 0.3) is 5.91 Å². The van der Waals surface area contributed by atoms with E-state index >= 15 is 0 Å². The van der Waals surface area contributed by atoms with Gasteiger partial charge in [-0.25, -0.2) is 0 Å². The van der Waals surface area contributed by atoms with Crippen LogP contribution < -0.4 is 9.47 Å². The number of esters is 1. The molecule has 0 aliphatic heterocycles. The summed E-state index contributed by atoms with van der Waals surface area (Å²) in [6.07, 6.45) is 0.615. The Balaban J connectivity index is 3.12. The first-order valence-corrected chi connectivity index (χ1v) is 7.72. The van der Waals surface area contributed by atoms with E-state index in [9.17, 15) is 14.7 Å². The molecule has 1 aromatic rings. The van der Waals surface area contributed by atoms with Gasteiger partial charge in [0.1, 0.15) is 11.5 Å². The number of carbonyl (C=O) groups excluding carboxylic acids is 2. The molecule has 0 saturated carbocycles. The van der Waals surface area contributed by atoms with Crippen molar-refractivity contribution in [2.75, 3.05) is 34.5 Å². The topological polar surface area (TPSA) is 85.3 Å². The van der Waals surface area contributed by atoms with Gasteiger partial charge >= 0.3 is 5.97 Å². The number of carbonyl (C=O) groups is 2. The van der Waals surface area contributed by atoms with Crippen molar-refractivity contribution in [3.05, 3.63) is 23.8 Å². The number of methoxy groups -OCH3 is 3. The van der Waals surface area contributed by atoms with Gasteiger partial charge in [-0.15, -0.1) is 0 Å². The van der Waals surface area contributed by atoms with Gasteiger partial charge in [-0.2, -0.15) is 0 Å². The van der Waals surface area contributed by atoms with E-state index in [-0.39, 0.29) is 31.5 Å². The molecule has 1 aromatic carbocycles. The highest BCUT2D eigenvalue weighted by molar-refractivity contribution is 5.95. The summed E-state index contributed by atoms with van der Waals surface area (Å²) in [6.45, 7) is 1.83. The minimum atomic E-state index is -0.413. The summed E-state index contributed by atoms with van der Waals surface area (Å²) in [5.74, 6) is 0.256. The zero-order valence-electron chi connectivity index (χ0n) is 14.6. The number of hydrogen-bond acceptors (Lipinski definition) is 6. The molecule has 1 atom stereocenters. The largest absolute Gasteiger partial charge is 0.497 e. The van der Waals surface area contributed by atoms with Crippen LogP contribution in [0, 0.1) is 0 Å². The lowest BCUT2D eigenvalue weighted by Crippen LogP contribution is -2.43. The highest BCUT2D eigenvalue weighted by Gasteiger charge is 2.25. The third-order valence-electron chi connectivity index (χ3n) is 3.77. The Morgan fingerprint density at radius 3 is 2.12 bits per heavy atom. The highest BCUT2D eigenvalue weighted by atomic mass is 16.5. The smallest absolute Gasteiger partial charge is 0.307 e. The quantitative estimate of drug-likeness (QED) is 0.686. The molecule has 0 fully saturated rings. The number of ether oxygens (including phenoxy) is 3. The summed E-state index contributed by atoms with van der Waals surface area (Å²) in [7, 11) is 4.30. The van der Waals surface area contributed by atoms with Crippen molar-refractivity contribution in [1.29, 1.82) is 0 Å². The molecule has 0 spiro atoms. The Labute approximate surface area is 142 Å². The summed E-state index contributed by atoms with van der Waals surface area (Å²) in [6, 6.07) is 4.47. The van der Waals surface area contributed by atoms with Crippen LogP contribution in [-0.2, 0) is 9.53 Å². The number of nitrogens with zero attached hydrogens (tertiary/aromatic N) is 1. The number of amides is 1. The van der Waals surface area contributed by atoms with E-state index in [2.05, 4.69) is 4.74 Å². The van der Waals surface area contributed by atoms with Crippen molar-refractivity contribution >= 4 is 11.9 Å². The Hall–Kier alpha value is -2.28. The summed E-state index contributed by atoms with van der Waals surface area (Å²) in [5.41, 5.74) is 0.364. The van der Waals surface area contributed by atoms with Crippen LogP contribution in [0.1, 0.15) is 30.1 Å². The Bertz CT molecular complexity index is 534. The van der Waals surface area contributed by atoms with Crippen molar-refractivity contribution < 1.29 is 28.9 Å². The van der Waals surface area contributed by atoms with Gasteiger partial charge in [-0.05, 0) is 18.6 Å². The van der Waals surface area contributed by atoms with Crippen molar-refractivity contribution in [3.8, 4) is 11.5 Å². The van der Waals surface area contributed by atoms with E-state index in [1.807, 2.05) is 6.92 Å². The van der Waals surface area contributed by atoms with Crippen LogP contribution in [0.4, 0.5) is 0 Å². The molecular formula is C17H25NO6. The Morgan fingerprint density at radius 1 is 1.12 bits per heavy atom. The second kappa shape index (κ2) is 9.77. The van der Waals surface area contributed by atoms with Crippen molar-refractivity contribution in [2.45, 2.75) is 25.8 Å². The van der Waals surface area contributed by atoms with E-state index in [1.54, 1.807) is 18.2 Å². The lowest BCUT2D eigenvalue weighted by molar-refractivity contribution is -0.140. The van der Waals surface area contributed by atoms with Crippen molar-refractivity contribution in [3.63, 3.8) is 0 Å². The first-order chi connectivity index (χ1) is 11.5. The van der Waals surface area contributed by atoms with Gasteiger partial charge in [0.2, 0.25) is 0 Å². The first-order valence-electron chi connectivity index (χ1n) is 7.72. The maximum absolute atomic E-state index is 12.9. The molecule has 0 aliphatic carbocycles. The first kappa shape index (κ1) is 19.8. The molecule has 0 bridgehead atoms.